The maximum Gasteiger partial charge on any atom is 0.154 e. The van der Waals surface area contributed by atoms with E-state index in [0.29, 0.717) is 13.0 Å². The van der Waals surface area contributed by atoms with Crippen molar-refractivity contribution in [2.45, 2.75) is 19.9 Å². The summed E-state index contributed by atoms with van der Waals surface area (Å²) < 4.78 is 1.69. The van der Waals surface area contributed by atoms with Crippen molar-refractivity contribution in [1.29, 1.82) is 0 Å². The van der Waals surface area contributed by atoms with Gasteiger partial charge in [-0.2, -0.15) is 5.10 Å². The summed E-state index contributed by atoms with van der Waals surface area (Å²) >= 11 is 0. The first-order valence-electron chi connectivity index (χ1n) is 5.39. The van der Waals surface area contributed by atoms with Gasteiger partial charge in [-0.05, 0) is 5.56 Å². The predicted octanol–water partition coefficient (Wildman–Crippen LogP) is 2.53. The third-order valence-electron chi connectivity index (χ3n) is 2.47. The molecule has 0 saturated heterocycles. The van der Waals surface area contributed by atoms with E-state index >= 15 is 0 Å². The van der Waals surface area contributed by atoms with Gasteiger partial charge in [-0.1, -0.05) is 37.3 Å². The van der Waals surface area contributed by atoms with Crippen molar-refractivity contribution >= 4 is 5.78 Å². The number of carbonyl (C=O) groups is 1. The molecule has 0 unspecified atom stereocenters. The lowest BCUT2D eigenvalue weighted by Crippen LogP contribution is -2.08. The van der Waals surface area contributed by atoms with Gasteiger partial charge < -0.3 is 0 Å². The third-order valence-corrected chi connectivity index (χ3v) is 2.47. The molecule has 1 heterocycles. The molecule has 3 heteroatoms. The standard InChI is InChI=1S/C13H14N2O/c1-2-13(16)10-15-9-12(8-14-15)11-6-4-3-5-7-11/h3-9H,2,10H2,1H3. The van der Waals surface area contributed by atoms with Crippen LogP contribution in [0.25, 0.3) is 11.1 Å². The monoisotopic (exact) mass is 214 g/mol. The fraction of sp³-hybridized carbons (Fsp3) is 0.231. The van der Waals surface area contributed by atoms with Crippen LogP contribution in [0.1, 0.15) is 13.3 Å². The van der Waals surface area contributed by atoms with Gasteiger partial charge >= 0.3 is 0 Å². The lowest BCUT2D eigenvalue weighted by Gasteiger charge is -1.97. The predicted molar refractivity (Wildman–Crippen MR) is 63.0 cm³/mol. The molecule has 1 aromatic heterocycles. The summed E-state index contributed by atoms with van der Waals surface area (Å²) in [7, 11) is 0. The minimum atomic E-state index is 0.197. The third kappa shape index (κ3) is 2.37. The highest BCUT2D eigenvalue weighted by molar-refractivity contribution is 5.77. The molecule has 0 aliphatic carbocycles. The van der Waals surface area contributed by atoms with Crippen LogP contribution < -0.4 is 0 Å². The number of nitrogens with zero attached hydrogens (tertiary/aromatic N) is 2. The normalized spacial score (nSPS) is 10.3. The number of aromatic nitrogens is 2. The molecule has 82 valence electrons. The zero-order valence-corrected chi connectivity index (χ0v) is 9.26. The van der Waals surface area contributed by atoms with Gasteiger partial charge in [0.25, 0.3) is 0 Å². The molecule has 0 spiro atoms. The Morgan fingerprint density at radius 3 is 2.69 bits per heavy atom. The Hall–Kier alpha value is -1.90. The Morgan fingerprint density at radius 1 is 1.25 bits per heavy atom. The second-order valence-electron chi connectivity index (χ2n) is 3.68. The van der Waals surface area contributed by atoms with Crippen molar-refractivity contribution < 1.29 is 4.79 Å². The Morgan fingerprint density at radius 2 is 2.00 bits per heavy atom. The van der Waals surface area contributed by atoms with Gasteiger partial charge in [0.15, 0.2) is 5.78 Å². The Labute approximate surface area is 94.7 Å². The highest BCUT2D eigenvalue weighted by Gasteiger charge is 2.03. The Bertz CT molecular complexity index is 474. The molecular formula is C13H14N2O. The lowest BCUT2D eigenvalue weighted by molar-refractivity contribution is -0.119. The molecule has 0 amide bonds. The van der Waals surface area contributed by atoms with E-state index in [-0.39, 0.29) is 5.78 Å². The summed E-state index contributed by atoms with van der Waals surface area (Å²) in [5.74, 6) is 0.197. The lowest BCUT2D eigenvalue weighted by atomic mass is 10.1. The van der Waals surface area contributed by atoms with E-state index in [1.165, 1.54) is 0 Å². The number of hydrogen-bond acceptors (Lipinski definition) is 2. The Kier molecular flexibility index (Phi) is 3.15. The molecule has 2 aromatic rings. The highest BCUT2D eigenvalue weighted by Crippen LogP contribution is 2.17. The van der Waals surface area contributed by atoms with E-state index in [1.54, 1.807) is 10.9 Å². The summed E-state index contributed by atoms with van der Waals surface area (Å²) in [5.41, 5.74) is 2.17. The molecule has 0 saturated carbocycles. The van der Waals surface area contributed by atoms with Gasteiger partial charge in [0.2, 0.25) is 0 Å². The maximum absolute atomic E-state index is 11.3. The average Bonchev–Trinajstić information content (AvgIpc) is 2.78. The Balaban J connectivity index is 2.17. The summed E-state index contributed by atoms with van der Waals surface area (Å²) in [4.78, 5) is 11.3. The summed E-state index contributed by atoms with van der Waals surface area (Å²) in [6, 6.07) is 10.0. The van der Waals surface area contributed by atoms with Crippen molar-refractivity contribution in [3.05, 3.63) is 42.7 Å². The van der Waals surface area contributed by atoms with Crippen LogP contribution >= 0.6 is 0 Å². The van der Waals surface area contributed by atoms with E-state index in [0.717, 1.165) is 11.1 Å². The molecule has 0 atom stereocenters. The van der Waals surface area contributed by atoms with E-state index < -0.39 is 0 Å². The van der Waals surface area contributed by atoms with Crippen LogP contribution in [0.2, 0.25) is 0 Å². The first-order valence-corrected chi connectivity index (χ1v) is 5.39. The van der Waals surface area contributed by atoms with Gasteiger partial charge in [-0.15, -0.1) is 0 Å². The van der Waals surface area contributed by atoms with Crippen LogP contribution in [0, 0.1) is 0 Å². The molecule has 0 aliphatic rings. The first-order chi connectivity index (χ1) is 7.79. The number of carbonyl (C=O) groups excluding carboxylic acids is 1. The first kappa shape index (κ1) is 10.6. The zero-order valence-electron chi connectivity index (χ0n) is 9.26. The van der Waals surface area contributed by atoms with E-state index in [4.69, 9.17) is 0 Å². The van der Waals surface area contributed by atoms with Crippen LogP contribution in [-0.4, -0.2) is 15.6 Å². The number of Topliss-reactive ketones (excluding diaryl/α,β-unsaturated/α-hetero) is 1. The van der Waals surface area contributed by atoms with Crippen molar-refractivity contribution in [2.75, 3.05) is 0 Å². The van der Waals surface area contributed by atoms with Crippen molar-refractivity contribution in [3.8, 4) is 11.1 Å². The second-order valence-corrected chi connectivity index (χ2v) is 3.68. The van der Waals surface area contributed by atoms with E-state index in [9.17, 15) is 4.79 Å². The fourth-order valence-electron chi connectivity index (χ4n) is 1.52. The molecule has 0 radical (unpaired) electrons. The molecule has 2 rings (SSSR count). The number of benzene rings is 1. The molecule has 3 nitrogen and oxygen atoms in total. The van der Waals surface area contributed by atoms with Gasteiger partial charge in [0.05, 0.1) is 12.7 Å². The van der Waals surface area contributed by atoms with Crippen molar-refractivity contribution in [2.24, 2.45) is 0 Å². The van der Waals surface area contributed by atoms with Gasteiger partial charge in [-0.3, -0.25) is 9.48 Å². The minimum absolute atomic E-state index is 0.197. The van der Waals surface area contributed by atoms with Crippen molar-refractivity contribution in [1.82, 2.24) is 9.78 Å². The molecule has 0 bridgehead atoms. The zero-order chi connectivity index (χ0) is 11.4. The van der Waals surface area contributed by atoms with Crippen LogP contribution in [0.5, 0.6) is 0 Å². The molecule has 1 aromatic carbocycles. The van der Waals surface area contributed by atoms with Gasteiger partial charge in [0.1, 0.15) is 0 Å². The molecular weight excluding hydrogens is 200 g/mol. The summed E-state index contributed by atoms with van der Waals surface area (Å²) in [6.45, 7) is 2.23. The van der Waals surface area contributed by atoms with E-state index in [1.807, 2.05) is 43.5 Å². The van der Waals surface area contributed by atoms with Crippen LogP contribution in [-0.2, 0) is 11.3 Å². The largest absolute Gasteiger partial charge is 0.298 e. The molecule has 0 aliphatic heterocycles. The fourth-order valence-corrected chi connectivity index (χ4v) is 1.52. The quantitative estimate of drug-likeness (QED) is 0.783. The topological polar surface area (TPSA) is 34.9 Å². The average molecular weight is 214 g/mol. The van der Waals surface area contributed by atoms with Gasteiger partial charge in [-0.25, -0.2) is 0 Å². The second kappa shape index (κ2) is 4.75. The summed E-state index contributed by atoms with van der Waals surface area (Å²) in [6.07, 6.45) is 4.25. The van der Waals surface area contributed by atoms with Crippen LogP contribution in [0.4, 0.5) is 0 Å². The van der Waals surface area contributed by atoms with Crippen LogP contribution in [0.15, 0.2) is 42.7 Å². The molecule has 0 fully saturated rings. The smallest absolute Gasteiger partial charge is 0.154 e. The molecule has 16 heavy (non-hydrogen) atoms. The summed E-state index contributed by atoms with van der Waals surface area (Å²) in [5, 5.41) is 4.18. The minimum Gasteiger partial charge on any atom is -0.298 e. The highest BCUT2D eigenvalue weighted by atomic mass is 16.1. The van der Waals surface area contributed by atoms with E-state index in [2.05, 4.69) is 5.10 Å². The maximum atomic E-state index is 11.3. The number of ketones is 1. The van der Waals surface area contributed by atoms with Crippen LogP contribution in [0.3, 0.4) is 0 Å². The SMILES string of the molecule is CCC(=O)Cn1cc(-c2ccccc2)cn1. The van der Waals surface area contributed by atoms with Crippen molar-refractivity contribution in [3.63, 3.8) is 0 Å². The van der Waals surface area contributed by atoms with Gasteiger partial charge in [0, 0.05) is 18.2 Å². The number of rotatable bonds is 4. The number of hydrogen-bond donors (Lipinski definition) is 0. The molecule has 0 N–H and O–H groups in total.